The molecule has 5 heteroatoms. The van der Waals surface area contributed by atoms with Gasteiger partial charge in [-0.25, -0.2) is 0 Å². The fourth-order valence-corrected chi connectivity index (χ4v) is 3.46. The molecule has 0 saturated heterocycles. The molecule has 1 N–H and O–H groups in total. The van der Waals surface area contributed by atoms with Crippen LogP contribution in [0.5, 0.6) is 0 Å². The molecule has 1 aliphatic rings. The minimum Gasteiger partial charge on any atom is -0.456 e. The first-order chi connectivity index (χ1) is 11.0. The van der Waals surface area contributed by atoms with Gasteiger partial charge >= 0.3 is 5.97 Å². The van der Waals surface area contributed by atoms with Crippen LogP contribution in [0.2, 0.25) is 5.02 Å². The number of ether oxygens (including phenoxy) is 1. The van der Waals surface area contributed by atoms with E-state index in [9.17, 15) is 9.59 Å². The molecule has 0 aliphatic heterocycles. The van der Waals surface area contributed by atoms with Gasteiger partial charge in [0.05, 0.1) is 10.7 Å². The number of esters is 1. The second-order valence-corrected chi connectivity index (χ2v) is 6.74. The minimum absolute atomic E-state index is 0.271. The van der Waals surface area contributed by atoms with E-state index in [4.69, 9.17) is 16.3 Å². The van der Waals surface area contributed by atoms with Gasteiger partial charge in [-0.05, 0) is 43.4 Å². The number of nitrogens with one attached hydrogen (secondary N) is 1. The van der Waals surface area contributed by atoms with Gasteiger partial charge < -0.3 is 10.1 Å². The van der Waals surface area contributed by atoms with E-state index in [-0.39, 0.29) is 18.5 Å². The third kappa shape index (κ3) is 5.54. The van der Waals surface area contributed by atoms with Gasteiger partial charge in [0.25, 0.3) is 5.91 Å². The molecule has 1 fully saturated rings. The highest BCUT2D eigenvalue weighted by Crippen LogP contribution is 2.29. The van der Waals surface area contributed by atoms with E-state index in [1.165, 1.54) is 25.7 Å². The molecule has 0 radical (unpaired) electrons. The van der Waals surface area contributed by atoms with Crippen LogP contribution in [-0.4, -0.2) is 18.5 Å². The van der Waals surface area contributed by atoms with Crippen molar-refractivity contribution < 1.29 is 14.3 Å². The summed E-state index contributed by atoms with van der Waals surface area (Å²) in [6, 6.07) is 3.73. The minimum atomic E-state index is -0.368. The topological polar surface area (TPSA) is 55.4 Å². The summed E-state index contributed by atoms with van der Waals surface area (Å²) in [5.74, 6) is -0.0303. The highest BCUT2D eigenvalue weighted by molar-refractivity contribution is 6.34. The standard InChI is InChI=1S/C18H24ClNO3/c1-12-9-13(2)18(15(19)10-12)20-16(21)11-23-17(22)8-7-14-5-3-4-6-14/h9-10,14H,3-8,11H2,1-2H3,(H,20,21). The molecule has 0 aromatic heterocycles. The van der Waals surface area contributed by atoms with Crippen molar-refractivity contribution in [3.8, 4) is 0 Å². The lowest BCUT2D eigenvalue weighted by Crippen LogP contribution is -2.21. The average Bonchev–Trinajstić information content (AvgIpc) is 3.00. The van der Waals surface area contributed by atoms with E-state index >= 15 is 0 Å². The van der Waals surface area contributed by atoms with E-state index in [0.29, 0.717) is 23.0 Å². The molecule has 0 unspecified atom stereocenters. The van der Waals surface area contributed by atoms with Crippen molar-refractivity contribution in [2.24, 2.45) is 5.92 Å². The molecule has 126 valence electrons. The zero-order valence-electron chi connectivity index (χ0n) is 13.8. The van der Waals surface area contributed by atoms with Gasteiger partial charge in [-0.2, -0.15) is 0 Å². The second-order valence-electron chi connectivity index (χ2n) is 6.34. The maximum absolute atomic E-state index is 11.9. The average molecular weight is 338 g/mol. The number of halogens is 1. The molecule has 2 rings (SSSR count). The van der Waals surface area contributed by atoms with Crippen molar-refractivity contribution in [1.29, 1.82) is 0 Å². The monoisotopic (exact) mass is 337 g/mol. The number of amides is 1. The fraction of sp³-hybridized carbons (Fsp3) is 0.556. The third-order valence-corrected chi connectivity index (χ3v) is 4.59. The summed E-state index contributed by atoms with van der Waals surface area (Å²) in [5, 5.41) is 3.20. The lowest BCUT2D eigenvalue weighted by Gasteiger charge is -2.12. The van der Waals surface area contributed by atoms with E-state index in [2.05, 4.69) is 5.32 Å². The van der Waals surface area contributed by atoms with Gasteiger partial charge in [0.2, 0.25) is 0 Å². The quantitative estimate of drug-likeness (QED) is 0.782. The van der Waals surface area contributed by atoms with Crippen molar-refractivity contribution in [1.82, 2.24) is 0 Å². The van der Waals surface area contributed by atoms with Crippen LogP contribution in [0.25, 0.3) is 0 Å². The second kappa shape index (κ2) is 8.34. The van der Waals surface area contributed by atoms with Crippen LogP contribution in [0.4, 0.5) is 5.69 Å². The summed E-state index contributed by atoms with van der Waals surface area (Å²) in [6.07, 6.45) is 6.20. The van der Waals surface area contributed by atoms with Gasteiger partial charge in [-0.15, -0.1) is 0 Å². The van der Waals surface area contributed by atoms with Crippen molar-refractivity contribution >= 4 is 29.2 Å². The molecule has 1 aromatic carbocycles. The SMILES string of the molecule is Cc1cc(C)c(NC(=O)COC(=O)CCC2CCCC2)c(Cl)c1. The van der Waals surface area contributed by atoms with Crippen molar-refractivity contribution in [3.05, 3.63) is 28.3 Å². The maximum atomic E-state index is 11.9. The largest absolute Gasteiger partial charge is 0.456 e. The molecule has 1 amide bonds. The molecule has 0 atom stereocenters. The van der Waals surface area contributed by atoms with E-state index in [0.717, 1.165) is 17.5 Å². The number of aryl methyl sites for hydroxylation is 2. The van der Waals surface area contributed by atoms with Crippen molar-refractivity contribution in [3.63, 3.8) is 0 Å². The van der Waals surface area contributed by atoms with Crippen LogP contribution < -0.4 is 5.32 Å². The van der Waals surface area contributed by atoms with Crippen LogP contribution in [0.15, 0.2) is 12.1 Å². The summed E-state index contributed by atoms with van der Waals surface area (Å²) in [5.41, 5.74) is 2.49. The van der Waals surface area contributed by atoms with E-state index < -0.39 is 0 Å². The van der Waals surface area contributed by atoms with Crippen LogP contribution in [-0.2, 0) is 14.3 Å². The summed E-state index contributed by atoms with van der Waals surface area (Å²) in [6.45, 7) is 3.55. The molecule has 1 aromatic rings. The maximum Gasteiger partial charge on any atom is 0.306 e. The Morgan fingerprint density at radius 2 is 1.96 bits per heavy atom. The van der Waals surface area contributed by atoms with Gasteiger partial charge in [0.15, 0.2) is 6.61 Å². The lowest BCUT2D eigenvalue weighted by molar-refractivity contribution is -0.147. The Morgan fingerprint density at radius 3 is 2.61 bits per heavy atom. The Bertz CT molecular complexity index is 557. The van der Waals surface area contributed by atoms with Crippen LogP contribution >= 0.6 is 11.6 Å². The van der Waals surface area contributed by atoms with E-state index in [1.54, 1.807) is 6.07 Å². The molecule has 4 nitrogen and oxygen atoms in total. The van der Waals surface area contributed by atoms with E-state index in [1.807, 2.05) is 19.9 Å². The summed E-state index contributed by atoms with van der Waals surface area (Å²) in [7, 11) is 0. The predicted molar refractivity (Wildman–Crippen MR) is 91.7 cm³/mol. The molecule has 1 aliphatic carbocycles. The molecule has 23 heavy (non-hydrogen) atoms. The normalized spacial score (nSPS) is 14.7. The van der Waals surface area contributed by atoms with Gasteiger partial charge in [-0.1, -0.05) is 43.4 Å². The molecule has 0 spiro atoms. The van der Waals surface area contributed by atoms with Crippen LogP contribution in [0.1, 0.15) is 49.7 Å². The zero-order chi connectivity index (χ0) is 16.8. The number of hydrogen-bond donors (Lipinski definition) is 1. The first-order valence-electron chi connectivity index (χ1n) is 8.18. The number of benzene rings is 1. The Labute approximate surface area is 142 Å². The first kappa shape index (κ1) is 17.8. The number of hydrogen-bond acceptors (Lipinski definition) is 3. The number of carbonyl (C=O) groups is 2. The number of anilines is 1. The summed E-state index contributed by atoms with van der Waals surface area (Å²) < 4.78 is 5.05. The molecular weight excluding hydrogens is 314 g/mol. The molecular formula is C18H24ClNO3. The molecule has 1 saturated carbocycles. The molecule has 0 bridgehead atoms. The van der Waals surface area contributed by atoms with Crippen molar-refractivity contribution in [2.75, 3.05) is 11.9 Å². The number of carbonyl (C=O) groups excluding carboxylic acids is 2. The Balaban J connectivity index is 1.75. The predicted octanol–water partition coefficient (Wildman–Crippen LogP) is 4.41. The number of rotatable bonds is 6. The Hall–Kier alpha value is -1.55. The Kier molecular flexibility index (Phi) is 6.46. The van der Waals surface area contributed by atoms with Crippen LogP contribution in [0.3, 0.4) is 0 Å². The van der Waals surface area contributed by atoms with Gasteiger partial charge in [-0.3, -0.25) is 9.59 Å². The Morgan fingerprint density at radius 1 is 1.26 bits per heavy atom. The highest BCUT2D eigenvalue weighted by Gasteiger charge is 2.17. The first-order valence-corrected chi connectivity index (χ1v) is 8.55. The zero-order valence-corrected chi connectivity index (χ0v) is 14.5. The third-order valence-electron chi connectivity index (χ3n) is 4.29. The fourth-order valence-electron chi connectivity index (χ4n) is 3.09. The molecule has 0 heterocycles. The smallest absolute Gasteiger partial charge is 0.306 e. The highest BCUT2D eigenvalue weighted by atomic mass is 35.5. The van der Waals surface area contributed by atoms with Gasteiger partial charge in [0.1, 0.15) is 0 Å². The van der Waals surface area contributed by atoms with Gasteiger partial charge in [0, 0.05) is 6.42 Å². The summed E-state index contributed by atoms with van der Waals surface area (Å²) >= 11 is 6.14. The summed E-state index contributed by atoms with van der Waals surface area (Å²) in [4.78, 5) is 23.6. The lowest BCUT2D eigenvalue weighted by atomic mass is 10.0. The van der Waals surface area contributed by atoms with Crippen LogP contribution in [0, 0.1) is 19.8 Å². The van der Waals surface area contributed by atoms with Crippen molar-refractivity contribution in [2.45, 2.75) is 52.4 Å².